The van der Waals surface area contributed by atoms with Gasteiger partial charge in [-0.25, -0.2) is 0 Å². The van der Waals surface area contributed by atoms with Crippen LogP contribution in [0.25, 0.3) is 76.7 Å². The Morgan fingerprint density at radius 2 is 1.15 bits per heavy atom. The van der Waals surface area contributed by atoms with Gasteiger partial charge < -0.3 is 8.97 Å². The number of pyridine rings is 2. The van der Waals surface area contributed by atoms with Crippen molar-refractivity contribution in [2.24, 2.45) is 0 Å². The van der Waals surface area contributed by atoms with Gasteiger partial charge in [-0.1, -0.05) is 97.1 Å². The fourth-order valence-electron chi connectivity index (χ4n) is 6.64. The van der Waals surface area contributed by atoms with E-state index in [4.69, 9.17) is 4.98 Å². The molecule has 0 aliphatic heterocycles. The van der Waals surface area contributed by atoms with E-state index in [0.29, 0.717) is 0 Å². The molecular weight excluding hydrogens is 486 g/mol. The molecule has 0 spiro atoms. The highest BCUT2D eigenvalue weighted by Crippen LogP contribution is 2.42. The molecule has 0 radical (unpaired) electrons. The Kier molecular flexibility index (Phi) is 4.33. The van der Waals surface area contributed by atoms with Crippen LogP contribution in [-0.4, -0.2) is 14.0 Å². The van der Waals surface area contributed by atoms with Crippen LogP contribution < -0.4 is 0 Å². The molecule has 3 heteroatoms. The Labute approximate surface area is 230 Å². The van der Waals surface area contributed by atoms with E-state index >= 15 is 0 Å². The summed E-state index contributed by atoms with van der Waals surface area (Å²) in [6, 6.07) is 45.9. The van der Waals surface area contributed by atoms with E-state index in [-0.39, 0.29) is 0 Å². The lowest BCUT2D eigenvalue weighted by Gasteiger charge is -2.15. The van der Waals surface area contributed by atoms with E-state index in [1.54, 1.807) is 0 Å². The summed E-state index contributed by atoms with van der Waals surface area (Å²) in [5, 5.41) is 7.50. The Morgan fingerprint density at radius 3 is 2.00 bits per heavy atom. The van der Waals surface area contributed by atoms with Gasteiger partial charge >= 0.3 is 0 Å². The zero-order valence-corrected chi connectivity index (χ0v) is 21.6. The third-order valence-electron chi connectivity index (χ3n) is 8.33. The van der Waals surface area contributed by atoms with Gasteiger partial charge in [0.25, 0.3) is 0 Å². The Bertz CT molecular complexity index is 2430. The van der Waals surface area contributed by atoms with Crippen LogP contribution in [0.1, 0.15) is 0 Å². The van der Waals surface area contributed by atoms with Crippen molar-refractivity contribution in [3.05, 3.63) is 140 Å². The van der Waals surface area contributed by atoms with Crippen LogP contribution in [0.2, 0.25) is 0 Å². The van der Waals surface area contributed by atoms with Crippen LogP contribution in [0.4, 0.5) is 0 Å². The van der Waals surface area contributed by atoms with Gasteiger partial charge in [0, 0.05) is 38.7 Å². The highest BCUT2D eigenvalue weighted by molar-refractivity contribution is 6.27. The minimum Gasteiger partial charge on any atom is -0.309 e. The lowest BCUT2D eigenvalue weighted by molar-refractivity contribution is 1.15. The van der Waals surface area contributed by atoms with Crippen molar-refractivity contribution in [1.82, 2.24) is 14.0 Å². The molecule has 3 nitrogen and oxygen atoms in total. The molecule has 4 heterocycles. The predicted octanol–water partition coefficient (Wildman–Crippen LogP) is 9.56. The van der Waals surface area contributed by atoms with E-state index in [1.807, 2.05) is 12.4 Å². The molecule has 4 aromatic heterocycles. The topological polar surface area (TPSA) is 22.2 Å². The highest BCUT2D eigenvalue weighted by Gasteiger charge is 2.20. The van der Waals surface area contributed by atoms with Crippen LogP contribution in [0.15, 0.2) is 140 Å². The first-order chi connectivity index (χ1) is 19.9. The number of aromatic nitrogens is 3. The van der Waals surface area contributed by atoms with Crippen LogP contribution in [0.3, 0.4) is 0 Å². The molecular formula is C37H23N3. The maximum atomic E-state index is 4.73. The highest BCUT2D eigenvalue weighted by atomic mass is 15.0. The maximum Gasteiger partial charge on any atom is 0.0651 e. The smallest absolute Gasteiger partial charge is 0.0651 e. The number of hydrogen-bond acceptors (Lipinski definition) is 1. The van der Waals surface area contributed by atoms with Gasteiger partial charge in [0.05, 0.1) is 39.5 Å². The summed E-state index contributed by atoms with van der Waals surface area (Å²) in [5.41, 5.74) is 9.38. The number of hydrogen-bond donors (Lipinski definition) is 0. The first-order valence-electron chi connectivity index (χ1n) is 13.6. The minimum atomic E-state index is 1.06. The Morgan fingerprint density at radius 1 is 0.450 bits per heavy atom. The summed E-state index contributed by atoms with van der Waals surface area (Å²) in [6.45, 7) is 0. The van der Waals surface area contributed by atoms with Crippen LogP contribution in [0, 0.1) is 0 Å². The largest absolute Gasteiger partial charge is 0.309 e. The second-order valence-electron chi connectivity index (χ2n) is 10.5. The number of para-hydroxylation sites is 2. The molecule has 186 valence electrons. The summed E-state index contributed by atoms with van der Waals surface area (Å²) in [7, 11) is 0. The molecule has 0 N–H and O–H groups in total. The van der Waals surface area contributed by atoms with Crippen LogP contribution in [-0.2, 0) is 0 Å². The lowest BCUT2D eigenvalue weighted by atomic mass is 10.0. The van der Waals surface area contributed by atoms with E-state index in [0.717, 1.165) is 16.8 Å². The SMILES string of the molecule is c1ccc(-c2cncc(-n3c4ccccc4c4ccc5c(c6ccccc6c6cc7ccccc7n65)c43)c2)cc1. The standard InChI is InChI=1S/C37H23N3/c1-2-10-24(11-3-1)26-20-27(23-38-22-26)39-33-17-9-7-14-29(33)31-18-19-34-36(37(31)39)30-15-6-5-13-28(30)35-21-25-12-4-8-16-32(25)40(34)35/h1-23H. The van der Waals surface area contributed by atoms with E-state index in [9.17, 15) is 0 Å². The summed E-state index contributed by atoms with van der Waals surface area (Å²) in [4.78, 5) is 4.73. The van der Waals surface area contributed by atoms with Crippen molar-refractivity contribution >= 4 is 59.9 Å². The molecule has 0 unspecified atom stereocenters. The van der Waals surface area contributed by atoms with Gasteiger partial charge in [-0.05, 0) is 41.3 Å². The second kappa shape index (κ2) is 8.05. The van der Waals surface area contributed by atoms with Crippen molar-refractivity contribution in [2.75, 3.05) is 0 Å². The van der Waals surface area contributed by atoms with Crippen LogP contribution >= 0.6 is 0 Å². The van der Waals surface area contributed by atoms with Gasteiger partial charge in [0.1, 0.15) is 0 Å². The van der Waals surface area contributed by atoms with Crippen molar-refractivity contribution < 1.29 is 0 Å². The average molecular weight is 510 g/mol. The van der Waals surface area contributed by atoms with E-state index < -0.39 is 0 Å². The molecule has 0 bridgehead atoms. The summed E-state index contributed by atoms with van der Waals surface area (Å²) in [6.07, 6.45) is 3.94. The predicted molar refractivity (Wildman–Crippen MR) is 167 cm³/mol. The van der Waals surface area contributed by atoms with Gasteiger partial charge in [-0.15, -0.1) is 0 Å². The molecule has 40 heavy (non-hydrogen) atoms. The van der Waals surface area contributed by atoms with Crippen LogP contribution in [0.5, 0.6) is 0 Å². The van der Waals surface area contributed by atoms with Crippen molar-refractivity contribution in [1.29, 1.82) is 0 Å². The Hall–Kier alpha value is -5.41. The summed E-state index contributed by atoms with van der Waals surface area (Å²) in [5.74, 6) is 0. The molecule has 0 atom stereocenters. The number of nitrogens with zero attached hydrogens (tertiary/aromatic N) is 3. The van der Waals surface area contributed by atoms with E-state index in [2.05, 4.69) is 136 Å². The third-order valence-corrected chi connectivity index (χ3v) is 8.33. The van der Waals surface area contributed by atoms with Gasteiger partial charge in [0.15, 0.2) is 0 Å². The zero-order valence-electron chi connectivity index (χ0n) is 21.6. The number of rotatable bonds is 2. The first-order valence-corrected chi connectivity index (χ1v) is 13.6. The Balaban J connectivity index is 1.52. The van der Waals surface area contributed by atoms with Crippen molar-refractivity contribution in [3.8, 4) is 16.8 Å². The number of fused-ring (bicyclic) bond motifs is 12. The van der Waals surface area contributed by atoms with Crippen molar-refractivity contribution in [3.63, 3.8) is 0 Å². The molecule has 0 saturated heterocycles. The molecule has 0 aliphatic carbocycles. The first kappa shape index (κ1) is 21.5. The van der Waals surface area contributed by atoms with Crippen molar-refractivity contribution in [2.45, 2.75) is 0 Å². The number of benzene rings is 5. The molecule has 5 aromatic carbocycles. The van der Waals surface area contributed by atoms with E-state index in [1.165, 1.54) is 59.9 Å². The maximum absolute atomic E-state index is 4.73. The molecule has 9 aromatic rings. The van der Waals surface area contributed by atoms with Gasteiger partial charge in [-0.3, -0.25) is 4.98 Å². The van der Waals surface area contributed by atoms with Gasteiger partial charge in [-0.2, -0.15) is 0 Å². The average Bonchev–Trinajstić information content (AvgIpc) is 3.58. The third kappa shape index (κ3) is 2.86. The fraction of sp³-hybridized carbons (Fsp3) is 0. The second-order valence-corrected chi connectivity index (χ2v) is 10.5. The normalized spacial score (nSPS) is 12.0. The molecule has 0 amide bonds. The molecule has 0 fully saturated rings. The minimum absolute atomic E-state index is 1.06. The zero-order chi connectivity index (χ0) is 26.2. The summed E-state index contributed by atoms with van der Waals surface area (Å²) < 4.78 is 4.85. The quantitative estimate of drug-likeness (QED) is 0.213. The monoisotopic (exact) mass is 509 g/mol. The molecule has 9 rings (SSSR count). The molecule has 0 saturated carbocycles. The molecule has 0 aliphatic rings. The summed E-state index contributed by atoms with van der Waals surface area (Å²) >= 11 is 0. The fourth-order valence-corrected chi connectivity index (χ4v) is 6.64. The lowest BCUT2D eigenvalue weighted by Crippen LogP contribution is -1.98. The van der Waals surface area contributed by atoms with Gasteiger partial charge in [0.2, 0.25) is 0 Å².